The van der Waals surface area contributed by atoms with Gasteiger partial charge in [0.2, 0.25) is 0 Å². The van der Waals surface area contributed by atoms with Crippen LogP contribution in [0.15, 0.2) is 0 Å². The fourth-order valence-electron chi connectivity index (χ4n) is 3.51. The summed E-state index contributed by atoms with van der Waals surface area (Å²) >= 11 is 0. The number of β-amino-alcohol motifs (C(OH)–C–C–N with tert-alkyl or cyclic N) is 1. The summed E-state index contributed by atoms with van der Waals surface area (Å²) in [7, 11) is 0. The maximum Gasteiger partial charge on any atom is 0.410 e. The maximum absolute atomic E-state index is 12.4. The van der Waals surface area contributed by atoms with E-state index in [2.05, 4.69) is 26.1 Å². The fraction of sp³-hybridized carbons (Fsp3) is 0.941. The van der Waals surface area contributed by atoms with Gasteiger partial charge >= 0.3 is 6.09 Å². The minimum absolute atomic E-state index is 0.0168. The molecule has 2 fully saturated rings. The van der Waals surface area contributed by atoms with Crippen LogP contribution in [-0.2, 0) is 4.74 Å². The first-order chi connectivity index (χ1) is 9.89. The molecule has 2 aliphatic heterocycles. The number of carbonyl (C=O) groups is 1. The number of ether oxygens (including phenoxy) is 1. The molecule has 5 nitrogen and oxygen atoms in total. The molecule has 3 atom stereocenters. The topological polar surface area (TPSA) is 61.8 Å². The van der Waals surface area contributed by atoms with Gasteiger partial charge in [0.15, 0.2) is 0 Å². The van der Waals surface area contributed by atoms with Gasteiger partial charge in [-0.3, -0.25) is 0 Å². The lowest BCUT2D eigenvalue weighted by molar-refractivity contribution is -0.0594. The standard InChI is InChI=1S/C17H32N2O3/c1-15(2,3)18-11-17(21)9-12-7-8-13(10-17)19(12)14(20)22-16(4,5)6/h12-13,18,21H,7-11H2,1-6H3/t12-,13+,17?. The van der Waals surface area contributed by atoms with Gasteiger partial charge in [-0.15, -0.1) is 0 Å². The van der Waals surface area contributed by atoms with Crippen LogP contribution in [0.25, 0.3) is 0 Å². The first-order valence-corrected chi connectivity index (χ1v) is 8.37. The van der Waals surface area contributed by atoms with E-state index < -0.39 is 11.2 Å². The Morgan fingerprint density at radius 2 is 1.68 bits per heavy atom. The van der Waals surface area contributed by atoms with Crippen molar-refractivity contribution in [2.45, 2.75) is 96.1 Å². The summed E-state index contributed by atoms with van der Waals surface area (Å²) in [4.78, 5) is 14.3. The number of amides is 1. The van der Waals surface area contributed by atoms with E-state index in [0.29, 0.717) is 19.4 Å². The van der Waals surface area contributed by atoms with Crippen molar-refractivity contribution in [2.75, 3.05) is 6.54 Å². The third-order valence-electron chi connectivity index (χ3n) is 4.40. The fourth-order valence-corrected chi connectivity index (χ4v) is 3.51. The zero-order valence-corrected chi connectivity index (χ0v) is 14.9. The van der Waals surface area contributed by atoms with Gasteiger partial charge in [0.05, 0.1) is 5.60 Å². The third kappa shape index (κ3) is 4.35. The minimum atomic E-state index is -0.725. The summed E-state index contributed by atoms with van der Waals surface area (Å²) < 4.78 is 5.53. The normalized spacial score (nSPS) is 32.2. The number of aliphatic hydroxyl groups is 1. The summed E-state index contributed by atoms with van der Waals surface area (Å²) in [6.07, 6.45) is 2.95. The van der Waals surface area contributed by atoms with Crippen LogP contribution in [0.4, 0.5) is 4.79 Å². The smallest absolute Gasteiger partial charge is 0.410 e. The number of piperidine rings is 1. The first kappa shape index (κ1) is 17.5. The molecule has 0 spiro atoms. The van der Waals surface area contributed by atoms with E-state index in [-0.39, 0.29) is 23.7 Å². The Hall–Kier alpha value is -0.810. The van der Waals surface area contributed by atoms with Crippen LogP contribution in [0, 0.1) is 0 Å². The average molecular weight is 312 g/mol. The van der Waals surface area contributed by atoms with E-state index >= 15 is 0 Å². The molecule has 0 aromatic rings. The number of rotatable bonds is 2. The van der Waals surface area contributed by atoms with E-state index in [4.69, 9.17) is 4.74 Å². The highest BCUT2D eigenvalue weighted by Gasteiger charge is 2.50. The van der Waals surface area contributed by atoms with Crippen LogP contribution in [0.2, 0.25) is 0 Å². The molecular weight excluding hydrogens is 280 g/mol. The molecule has 128 valence electrons. The van der Waals surface area contributed by atoms with E-state index in [9.17, 15) is 9.90 Å². The van der Waals surface area contributed by atoms with E-state index in [1.165, 1.54) is 0 Å². The largest absolute Gasteiger partial charge is 0.444 e. The molecule has 5 heteroatoms. The Labute approximate surface area is 134 Å². The molecule has 0 aromatic heterocycles. The summed E-state index contributed by atoms with van der Waals surface area (Å²) in [5, 5.41) is 14.3. The van der Waals surface area contributed by atoms with E-state index in [1.54, 1.807) is 0 Å². The predicted octanol–water partition coefficient (Wildman–Crippen LogP) is 2.67. The SMILES string of the molecule is CC(C)(C)NCC1(O)C[C@H]2CC[C@@H](C1)N2C(=O)OC(C)(C)C. The quantitative estimate of drug-likeness (QED) is 0.823. The van der Waals surface area contributed by atoms with Crippen LogP contribution in [0.1, 0.15) is 67.2 Å². The Morgan fingerprint density at radius 1 is 1.18 bits per heavy atom. The van der Waals surface area contributed by atoms with Gasteiger partial charge in [0.1, 0.15) is 5.60 Å². The second kappa shape index (κ2) is 5.68. The number of nitrogens with zero attached hydrogens (tertiary/aromatic N) is 1. The molecular formula is C17H32N2O3. The monoisotopic (exact) mass is 312 g/mol. The van der Waals surface area contributed by atoms with E-state index in [0.717, 1.165) is 12.8 Å². The number of carbonyl (C=O) groups excluding carboxylic acids is 1. The van der Waals surface area contributed by atoms with Gasteiger partial charge < -0.3 is 20.1 Å². The van der Waals surface area contributed by atoms with Crippen molar-refractivity contribution >= 4 is 6.09 Å². The number of nitrogens with one attached hydrogen (secondary N) is 1. The van der Waals surface area contributed by atoms with Gasteiger partial charge in [-0.25, -0.2) is 4.79 Å². The summed E-state index contributed by atoms with van der Waals surface area (Å²) in [5.41, 5.74) is -1.22. The van der Waals surface area contributed by atoms with E-state index in [1.807, 2.05) is 25.7 Å². The zero-order valence-electron chi connectivity index (χ0n) is 14.9. The van der Waals surface area contributed by atoms with Crippen LogP contribution < -0.4 is 5.32 Å². The van der Waals surface area contributed by atoms with Gasteiger partial charge in [-0.2, -0.15) is 0 Å². The molecule has 2 rings (SSSR count). The zero-order chi connectivity index (χ0) is 16.8. The van der Waals surface area contributed by atoms with Crippen molar-refractivity contribution in [3.8, 4) is 0 Å². The molecule has 1 unspecified atom stereocenters. The molecule has 1 amide bonds. The first-order valence-electron chi connectivity index (χ1n) is 8.37. The van der Waals surface area contributed by atoms with Gasteiger partial charge in [-0.05, 0) is 67.2 Å². The molecule has 0 radical (unpaired) electrons. The Kier molecular flexibility index (Phi) is 4.53. The lowest BCUT2D eigenvalue weighted by Crippen LogP contribution is -2.58. The molecule has 0 aliphatic carbocycles. The molecule has 22 heavy (non-hydrogen) atoms. The van der Waals surface area contributed by atoms with Crippen molar-refractivity contribution in [2.24, 2.45) is 0 Å². The lowest BCUT2D eigenvalue weighted by Gasteiger charge is -2.44. The van der Waals surface area contributed by atoms with Gasteiger partial charge in [0, 0.05) is 24.2 Å². The maximum atomic E-state index is 12.4. The Morgan fingerprint density at radius 3 is 2.09 bits per heavy atom. The molecule has 2 aliphatic rings. The highest BCUT2D eigenvalue weighted by atomic mass is 16.6. The average Bonchev–Trinajstić information content (AvgIpc) is 2.58. The van der Waals surface area contributed by atoms with Crippen molar-refractivity contribution in [3.63, 3.8) is 0 Å². The van der Waals surface area contributed by atoms with Gasteiger partial charge in [0.25, 0.3) is 0 Å². The second-order valence-corrected chi connectivity index (χ2v) is 9.01. The number of fused-ring (bicyclic) bond motifs is 2. The van der Waals surface area contributed by atoms with Crippen LogP contribution >= 0.6 is 0 Å². The van der Waals surface area contributed by atoms with Gasteiger partial charge in [-0.1, -0.05) is 0 Å². The minimum Gasteiger partial charge on any atom is -0.444 e. The molecule has 2 saturated heterocycles. The van der Waals surface area contributed by atoms with Crippen LogP contribution in [0.5, 0.6) is 0 Å². The van der Waals surface area contributed by atoms with Crippen LogP contribution in [-0.4, -0.2) is 51.5 Å². The molecule has 2 bridgehead atoms. The van der Waals surface area contributed by atoms with Crippen LogP contribution in [0.3, 0.4) is 0 Å². The number of hydrogen-bond acceptors (Lipinski definition) is 4. The highest BCUT2D eigenvalue weighted by molar-refractivity contribution is 5.69. The predicted molar refractivity (Wildman–Crippen MR) is 86.8 cm³/mol. The van der Waals surface area contributed by atoms with Crippen molar-refractivity contribution in [1.29, 1.82) is 0 Å². The lowest BCUT2D eigenvalue weighted by atomic mass is 9.85. The molecule has 0 aromatic carbocycles. The van der Waals surface area contributed by atoms with Crippen molar-refractivity contribution in [1.82, 2.24) is 10.2 Å². The number of hydrogen-bond donors (Lipinski definition) is 2. The summed E-state index contributed by atoms with van der Waals surface area (Å²) in [6.45, 7) is 12.5. The third-order valence-corrected chi connectivity index (χ3v) is 4.40. The van der Waals surface area contributed by atoms with Crippen molar-refractivity contribution in [3.05, 3.63) is 0 Å². The highest BCUT2D eigenvalue weighted by Crippen LogP contribution is 2.41. The summed E-state index contributed by atoms with van der Waals surface area (Å²) in [6, 6.07) is 0.195. The summed E-state index contributed by atoms with van der Waals surface area (Å²) in [5.74, 6) is 0. The second-order valence-electron chi connectivity index (χ2n) is 9.01. The molecule has 0 saturated carbocycles. The Bertz CT molecular complexity index is 409. The molecule has 2 heterocycles. The molecule has 2 N–H and O–H groups in total. The Balaban J connectivity index is 2.01. The van der Waals surface area contributed by atoms with Crippen molar-refractivity contribution < 1.29 is 14.6 Å².